The molecule has 2 aliphatic carbocycles. The monoisotopic (exact) mass is 259 g/mol. The summed E-state index contributed by atoms with van der Waals surface area (Å²) in [6.45, 7) is 1.07. The second-order valence-corrected chi connectivity index (χ2v) is 8.18. The van der Waals surface area contributed by atoms with Crippen molar-refractivity contribution < 1.29 is 8.42 Å². The van der Waals surface area contributed by atoms with Crippen LogP contribution in [0.15, 0.2) is 0 Å². The second kappa shape index (κ2) is 5.70. The lowest BCUT2D eigenvalue weighted by molar-refractivity contribution is 0.368. The first-order valence-electron chi connectivity index (χ1n) is 6.98. The highest BCUT2D eigenvalue weighted by atomic mass is 32.2. The molecule has 2 rings (SSSR count). The number of rotatable bonds is 6. The Morgan fingerprint density at radius 1 is 1.18 bits per heavy atom. The van der Waals surface area contributed by atoms with Crippen LogP contribution in [-0.2, 0) is 9.84 Å². The zero-order chi connectivity index (χ0) is 12.3. The number of sulfone groups is 1. The molecule has 4 heteroatoms. The van der Waals surface area contributed by atoms with Gasteiger partial charge in [-0.15, -0.1) is 0 Å². The summed E-state index contributed by atoms with van der Waals surface area (Å²) in [5, 5.41) is 3.44. The predicted octanol–water partition coefficient (Wildman–Crippen LogP) is 2.12. The van der Waals surface area contributed by atoms with Crippen LogP contribution in [-0.4, -0.2) is 32.5 Å². The number of nitrogens with one attached hydrogen (secondary N) is 1. The van der Waals surface area contributed by atoms with Crippen molar-refractivity contribution in [2.45, 2.75) is 62.7 Å². The zero-order valence-corrected chi connectivity index (χ0v) is 11.6. The van der Waals surface area contributed by atoms with E-state index in [-0.39, 0.29) is 5.25 Å². The Balaban J connectivity index is 1.65. The first-order valence-corrected chi connectivity index (χ1v) is 8.93. The molecule has 0 aromatic carbocycles. The van der Waals surface area contributed by atoms with Gasteiger partial charge in [-0.3, -0.25) is 0 Å². The van der Waals surface area contributed by atoms with Gasteiger partial charge in [-0.2, -0.15) is 0 Å². The maximum atomic E-state index is 11.5. The molecule has 3 nitrogen and oxygen atoms in total. The second-order valence-electron chi connectivity index (χ2n) is 5.85. The van der Waals surface area contributed by atoms with E-state index in [4.69, 9.17) is 0 Å². The minimum Gasteiger partial charge on any atom is -0.314 e. The molecule has 17 heavy (non-hydrogen) atoms. The molecule has 0 bridgehead atoms. The quantitative estimate of drug-likeness (QED) is 0.743. The fraction of sp³-hybridized carbons (Fsp3) is 1.00. The van der Waals surface area contributed by atoms with E-state index in [1.54, 1.807) is 0 Å². The van der Waals surface area contributed by atoms with Crippen molar-refractivity contribution in [1.29, 1.82) is 0 Å². The Morgan fingerprint density at radius 2 is 1.94 bits per heavy atom. The van der Waals surface area contributed by atoms with Gasteiger partial charge in [0.05, 0.1) is 5.25 Å². The standard InChI is InChI=1S/C13H25NO2S/c1-17(15,16)13-6-2-5-12(10-13)14-9-3-4-11-7-8-11/h11-14H,2-10H2,1H3. The van der Waals surface area contributed by atoms with Crippen LogP contribution in [0.3, 0.4) is 0 Å². The first kappa shape index (κ1) is 13.3. The van der Waals surface area contributed by atoms with Crippen LogP contribution < -0.4 is 5.32 Å². The Labute approximate surface area is 105 Å². The van der Waals surface area contributed by atoms with Crippen molar-refractivity contribution in [2.24, 2.45) is 5.92 Å². The third-order valence-electron chi connectivity index (χ3n) is 4.15. The van der Waals surface area contributed by atoms with E-state index in [2.05, 4.69) is 5.32 Å². The van der Waals surface area contributed by atoms with Crippen LogP contribution in [0.4, 0.5) is 0 Å². The SMILES string of the molecule is CS(=O)(=O)C1CCCC(NCCCC2CC2)C1. The molecular formula is C13H25NO2S. The van der Waals surface area contributed by atoms with Crippen molar-refractivity contribution in [2.75, 3.05) is 12.8 Å². The molecular weight excluding hydrogens is 234 g/mol. The molecule has 0 spiro atoms. The minimum atomic E-state index is -2.83. The molecule has 0 heterocycles. The van der Waals surface area contributed by atoms with E-state index in [1.165, 1.54) is 31.9 Å². The molecule has 100 valence electrons. The summed E-state index contributed by atoms with van der Waals surface area (Å²) in [5.74, 6) is 1.01. The molecule has 0 aromatic heterocycles. The van der Waals surface area contributed by atoms with Gasteiger partial charge in [0.15, 0.2) is 0 Å². The molecule has 2 unspecified atom stereocenters. The van der Waals surface area contributed by atoms with E-state index in [1.807, 2.05) is 0 Å². The molecule has 1 N–H and O–H groups in total. The van der Waals surface area contributed by atoms with Gasteiger partial charge in [0, 0.05) is 12.3 Å². The van der Waals surface area contributed by atoms with Gasteiger partial charge in [-0.1, -0.05) is 19.3 Å². The van der Waals surface area contributed by atoms with Gasteiger partial charge in [-0.25, -0.2) is 8.42 Å². The van der Waals surface area contributed by atoms with E-state index in [9.17, 15) is 8.42 Å². The van der Waals surface area contributed by atoms with E-state index in [0.29, 0.717) is 6.04 Å². The molecule has 2 fully saturated rings. The van der Waals surface area contributed by atoms with Crippen LogP contribution in [0.25, 0.3) is 0 Å². The van der Waals surface area contributed by atoms with Crippen molar-refractivity contribution in [3.05, 3.63) is 0 Å². The third kappa shape index (κ3) is 4.59. The predicted molar refractivity (Wildman–Crippen MR) is 70.8 cm³/mol. The maximum Gasteiger partial charge on any atom is 0.150 e. The highest BCUT2D eigenvalue weighted by Gasteiger charge is 2.28. The lowest BCUT2D eigenvalue weighted by Crippen LogP contribution is -2.39. The van der Waals surface area contributed by atoms with Crippen molar-refractivity contribution in [1.82, 2.24) is 5.32 Å². The summed E-state index contributed by atoms with van der Waals surface area (Å²) >= 11 is 0. The molecule has 0 aromatic rings. The third-order valence-corrected chi connectivity index (χ3v) is 5.79. The van der Waals surface area contributed by atoms with Gasteiger partial charge in [0.25, 0.3) is 0 Å². The smallest absolute Gasteiger partial charge is 0.150 e. The minimum absolute atomic E-state index is 0.0998. The lowest BCUT2D eigenvalue weighted by Gasteiger charge is -2.28. The fourth-order valence-corrected chi connectivity index (χ4v) is 4.00. The lowest BCUT2D eigenvalue weighted by atomic mass is 9.95. The summed E-state index contributed by atoms with van der Waals surface area (Å²) in [5.41, 5.74) is 0. The maximum absolute atomic E-state index is 11.5. The average molecular weight is 259 g/mol. The highest BCUT2D eigenvalue weighted by molar-refractivity contribution is 7.91. The van der Waals surface area contributed by atoms with Crippen LogP contribution in [0.2, 0.25) is 0 Å². The average Bonchev–Trinajstić information content (AvgIpc) is 3.08. The van der Waals surface area contributed by atoms with Crippen molar-refractivity contribution in [3.8, 4) is 0 Å². The summed E-state index contributed by atoms with van der Waals surface area (Å²) in [7, 11) is -2.83. The normalized spacial score (nSPS) is 30.4. The molecule has 0 radical (unpaired) electrons. The van der Waals surface area contributed by atoms with Gasteiger partial charge in [0.2, 0.25) is 0 Å². The summed E-state index contributed by atoms with van der Waals surface area (Å²) < 4.78 is 23.1. The highest BCUT2D eigenvalue weighted by Crippen LogP contribution is 2.33. The van der Waals surface area contributed by atoms with Gasteiger partial charge in [-0.05, 0) is 44.6 Å². The molecule has 0 saturated heterocycles. The van der Waals surface area contributed by atoms with Gasteiger partial charge < -0.3 is 5.32 Å². The Kier molecular flexibility index (Phi) is 4.47. The molecule has 2 atom stereocenters. The topological polar surface area (TPSA) is 46.2 Å². The molecule has 0 aliphatic heterocycles. The summed E-state index contributed by atoms with van der Waals surface area (Å²) in [6.07, 6.45) is 10.7. The first-order chi connectivity index (χ1) is 8.05. The van der Waals surface area contributed by atoms with Crippen molar-refractivity contribution >= 4 is 9.84 Å². The number of hydrogen-bond acceptors (Lipinski definition) is 3. The van der Waals surface area contributed by atoms with Gasteiger partial charge >= 0.3 is 0 Å². The van der Waals surface area contributed by atoms with Crippen LogP contribution in [0, 0.1) is 5.92 Å². The number of hydrogen-bond donors (Lipinski definition) is 1. The summed E-state index contributed by atoms with van der Waals surface area (Å²) in [4.78, 5) is 0. The van der Waals surface area contributed by atoms with Crippen LogP contribution >= 0.6 is 0 Å². The zero-order valence-electron chi connectivity index (χ0n) is 10.8. The molecule has 2 saturated carbocycles. The Bertz CT molecular complexity index is 335. The van der Waals surface area contributed by atoms with E-state index in [0.717, 1.165) is 38.1 Å². The Morgan fingerprint density at radius 3 is 2.59 bits per heavy atom. The van der Waals surface area contributed by atoms with E-state index < -0.39 is 9.84 Å². The Hall–Kier alpha value is -0.0900. The molecule has 2 aliphatic rings. The fourth-order valence-electron chi connectivity index (χ4n) is 2.82. The largest absolute Gasteiger partial charge is 0.314 e. The summed E-state index contributed by atoms with van der Waals surface area (Å²) in [6, 6.07) is 0.433. The van der Waals surface area contributed by atoms with E-state index >= 15 is 0 Å². The van der Waals surface area contributed by atoms with Gasteiger partial charge in [0.1, 0.15) is 9.84 Å². The van der Waals surface area contributed by atoms with Crippen LogP contribution in [0.1, 0.15) is 51.4 Å². The van der Waals surface area contributed by atoms with Crippen LogP contribution in [0.5, 0.6) is 0 Å². The molecule has 0 amide bonds. The van der Waals surface area contributed by atoms with Crippen molar-refractivity contribution in [3.63, 3.8) is 0 Å².